The second-order valence-electron chi connectivity index (χ2n) is 7.27. The number of rotatable bonds is 6. The van der Waals surface area contributed by atoms with Gasteiger partial charge in [0.15, 0.2) is 0 Å². The number of anilines is 2. The number of piperazine rings is 1. The number of carbonyl (C=O) groups is 1. The lowest BCUT2D eigenvalue weighted by Crippen LogP contribution is -2.52. The molecule has 0 N–H and O–H groups in total. The third-order valence-electron chi connectivity index (χ3n) is 5.18. The fourth-order valence-electron chi connectivity index (χ4n) is 3.49. The summed E-state index contributed by atoms with van der Waals surface area (Å²) in [5.74, 6) is 0.393. The van der Waals surface area contributed by atoms with E-state index in [4.69, 9.17) is 16.3 Å². The minimum absolute atomic E-state index is 0.223. The first kappa shape index (κ1) is 22.2. The summed E-state index contributed by atoms with van der Waals surface area (Å²) in [6.45, 7) is 4.15. The molecule has 2 aromatic rings. The molecule has 1 saturated heterocycles. The van der Waals surface area contributed by atoms with E-state index in [0.717, 1.165) is 21.8 Å². The average Bonchev–Trinajstić information content (AvgIpc) is 2.73. The standard InChI is InChI=1S/C21H26ClN3O4S/c1-16-4-5-17(22)14-20(16)23-10-12-24(13-11-23)21(26)15-25(30(3,27)28)18-6-8-19(29-2)9-7-18/h4-9,14H,10-13,15H2,1-3H3. The maximum absolute atomic E-state index is 12.9. The van der Waals surface area contributed by atoms with Crippen molar-refractivity contribution in [3.05, 3.63) is 53.1 Å². The molecule has 1 aliphatic rings. The zero-order valence-corrected chi connectivity index (χ0v) is 18.9. The van der Waals surface area contributed by atoms with Gasteiger partial charge in [-0.3, -0.25) is 9.10 Å². The van der Waals surface area contributed by atoms with Gasteiger partial charge >= 0.3 is 0 Å². The van der Waals surface area contributed by atoms with Gasteiger partial charge in [0.25, 0.3) is 0 Å². The molecule has 2 aromatic carbocycles. The Morgan fingerprint density at radius 1 is 1.10 bits per heavy atom. The molecule has 0 aliphatic carbocycles. The van der Waals surface area contributed by atoms with Crippen LogP contribution in [-0.2, 0) is 14.8 Å². The lowest BCUT2D eigenvalue weighted by Gasteiger charge is -2.37. The second-order valence-corrected chi connectivity index (χ2v) is 9.61. The third kappa shape index (κ3) is 5.17. The summed E-state index contributed by atoms with van der Waals surface area (Å²) in [7, 11) is -2.08. The van der Waals surface area contributed by atoms with Crippen molar-refractivity contribution in [3.63, 3.8) is 0 Å². The number of carbonyl (C=O) groups excluding carboxylic acids is 1. The summed E-state index contributed by atoms with van der Waals surface area (Å²) in [5.41, 5.74) is 2.62. The number of nitrogens with zero attached hydrogens (tertiary/aromatic N) is 3. The first-order chi connectivity index (χ1) is 14.2. The third-order valence-corrected chi connectivity index (χ3v) is 6.56. The smallest absolute Gasteiger partial charge is 0.243 e. The van der Waals surface area contributed by atoms with Crippen LogP contribution < -0.4 is 13.9 Å². The van der Waals surface area contributed by atoms with E-state index in [-0.39, 0.29) is 12.5 Å². The molecule has 0 spiro atoms. The van der Waals surface area contributed by atoms with E-state index >= 15 is 0 Å². The highest BCUT2D eigenvalue weighted by Crippen LogP contribution is 2.26. The summed E-state index contributed by atoms with van der Waals surface area (Å²) in [6.07, 6.45) is 1.10. The van der Waals surface area contributed by atoms with E-state index in [0.29, 0.717) is 42.6 Å². The van der Waals surface area contributed by atoms with Crippen molar-refractivity contribution < 1.29 is 17.9 Å². The average molecular weight is 452 g/mol. The molecule has 1 aliphatic heterocycles. The second kappa shape index (κ2) is 9.14. The predicted molar refractivity (Wildman–Crippen MR) is 120 cm³/mol. The summed E-state index contributed by atoms with van der Waals surface area (Å²) in [6, 6.07) is 12.4. The Balaban J connectivity index is 1.68. The van der Waals surface area contributed by atoms with Crippen LogP contribution in [0.4, 0.5) is 11.4 Å². The number of ether oxygens (including phenoxy) is 1. The molecule has 0 aromatic heterocycles. The summed E-state index contributed by atoms with van der Waals surface area (Å²) < 4.78 is 30.9. The molecule has 1 fully saturated rings. The van der Waals surface area contributed by atoms with Crippen molar-refractivity contribution in [3.8, 4) is 5.75 Å². The van der Waals surface area contributed by atoms with Gasteiger partial charge in [0.1, 0.15) is 12.3 Å². The molecule has 9 heteroatoms. The van der Waals surface area contributed by atoms with Gasteiger partial charge < -0.3 is 14.5 Å². The van der Waals surface area contributed by atoms with Gasteiger partial charge in [0.05, 0.1) is 19.1 Å². The summed E-state index contributed by atoms with van der Waals surface area (Å²) >= 11 is 6.13. The van der Waals surface area contributed by atoms with Gasteiger partial charge in [0.2, 0.25) is 15.9 Å². The van der Waals surface area contributed by atoms with Gasteiger partial charge in [0, 0.05) is 36.9 Å². The van der Waals surface area contributed by atoms with Crippen LogP contribution in [0.25, 0.3) is 0 Å². The Hall–Kier alpha value is -2.45. The first-order valence-electron chi connectivity index (χ1n) is 9.59. The number of hydrogen-bond acceptors (Lipinski definition) is 5. The van der Waals surface area contributed by atoms with Crippen LogP contribution in [0, 0.1) is 6.92 Å². The highest BCUT2D eigenvalue weighted by atomic mass is 35.5. The zero-order valence-electron chi connectivity index (χ0n) is 17.3. The van der Waals surface area contributed by atoms with E-state index in [1.54, 1.807) is 29.2 Å². The van der Waals surface area contributed by atoms with E-state index < -0.39 is 10.0 Å². The Morgan fingerprint density at radius 2 is 1.73 bits per heavy atom. The van der Waals surface area contributed by atoms with Crippen LogP contribution in [0.5, 0.6) is 5.75 Å². The highest BCUT2D eigenvalue weighted by Gasteiger charge is 2.27. The van der Waals surface area contributed by atoms with Crippen molar-refractivity contribution in [2.45, 2.75) is 6.92 Å². The minimum atomic E-state index is -3.62. The van der Waals surface area contributed by atoms with Gasteiger partial charge in [-0.1, -0.05) is 17.7 Å². The highest BCUT2D eigenvalue weighted by molar-refractivity contribution is 7.92. The molecule has 162 valence electrons. The van der Waals surface area contributed by atoms with Crippen LogP contribution in [0.15, 0.2) is 42.5 Å². The molecule has 0 bridgehead atoms. The Labute approximate surface area is 182 Å². The fraction of sp³-hybridized carbons (Fsp3) is 0.381. The van der Waals surface area contributed by atoms with Crippen molar-refractivity contribution in [1.29, 1.82) is 0 Å². The van der Waals surface area contributed by atoms with Gasteiger partial charge in [-0.15, -0.1) is 0 Å². The van der Waals surface area contributed by atoms with Gasteiger partial charge in [-0.25, -0.2) is 8.42 Å². The molecule has 0 atom stereocenters. The topological polar surface area (TPSA) is 70.2 Å². The predicted octanol–water partition coefficient (Wildman–Crippen LogP) is 2.77. The van der Waals surface area contributed by atoms with Crippen LogP contribution in [-0.4, -0.2) is 65.3 Å². The molecule has 0 saturated carbocycles. The van der Waals surface area contributed by atoms with Crippen molar-refractivity contribution in [2.24, 2.45) is 0 Å². The number of benzene rings is 2. The van der Waals surface area contributed by atoms with Crippen molar-refractivity contribution >= 4 is 38.9 Å². The molecule has 1 amide bonds. The fourth-order valence-corrected chi connectivity index (χ4v) is 4.51. The number of hydrogen-bond donors (Lipinski definition) is 0. The number of sulfonamides is 1. The summed E-state index contributed by atoms with van der Waals surface area (Å²) in [5, 5.41) is 0.678. The Kier molecular flexibility index (Phi) is 6.77. The van der Waals surface area contributed by atoms with Gasteiger partial charge in [-0.2, -0.15) is 0 Å². The Bertz CT molecular complexity index is 1000. The Morgan fingerprint density at radius 3 is 2.30 bits per heavy atom. The molecule has 1 heterocycles. The molecular weight excluding hydrogens is 426 g/mol. The van der Waals surface area contributed by atoms with E-state index in [2.05, 4.69) is 4.90 Å². The number of halogens is 1. The summed E-state index contributed by atoms with van der Waals surface area (Å²) in [4.78, 5) is 16.8. The quantitative estimate of drug-likeness (QED) is 0.675. The molecule has 7 nitrogen and oxygen atoms in total. The SMILES string of the molecule is COc1ccc(N(CC(=O)N2CCN(c3cc(Cl)ccc3C)CC2)S(C)(=O)=O)cc1. The number of aryl methyl sites for hydroxylation is 1. The van der Waals surface area contributed by atoms with E-state index in [1.165, 1.54) is 7.11 Å². The van der Waals surface area contributed by atoms with Crippen LogP contribution >= 0.6 is 11.6 Å². The van der Waals surface area contributed by atoms with Crippen molar-refractivity contribution in [2.75, 3.05) is 55.3 Å². The molecule has 0 unspecified atom stereocenters. The lowest BCUT2D eigenvalue weighted by atomic mass is 10.1. The molecular formula is C21H26ClN3O4S. The van der Waals surface area contributed by atoms with E-state index in [1.807, 2.05) is 25.1 Å². The van der Waals surface area contributed by atoms with Gasteiger partial charge in [-0.05, 0) is 48.9 Å². The van der Waals surface area contributed by atoms with Crippen LogP contribution in [0.2, 0.25) is 5.02 Å². The normalized spacial score (nSPS) is 14.5. The van der Waals surface area contributed by atoms with Crippen molar-refractivity contribution in [1.82, 2.24) is 4.90 Å². The largest absolute Gasteiger partial charge is 0.497 e. The maximum atomic E-state index is 12.9. The first-order valence-corrected chi connectivity index (χ1v) is 11.8. The van der Waals surface area contributed by atoms with E-state index in [9.17, 15) is 13.2 Å². The lowest BCUT2D eigenvalue weighted by molar-refractivity contribution is -0.129. The molecule has 3 rings (SSSR count). The zero-order chi connectivity index (χ0) is 21.9. The monoisotopic (exact) mass is 451 g/mol. The minimum Gasteiger partial charge on any atom is -0.497 e. The number of amides is 1. The maximum Gasteiger partial charge on any atom is 0.243 e. The van der Waals surface area contributed by atoms with Crippen LogP contribution in [0.1, 0.15) is 5.56 Å². The molecule has 0 radical (unpaired) electrons. The number of methoxy groups -OCH3 is 1. The van der Waals surface area contributed by atoms with Crippen LogP contribution in [0.3, 0.4) is 0 Å². The molecule has 30 heavy (non-hydrogen) atoms.